The number of pyridine rings is 1. The zero-order valence-electron chi connectivity index (χ0n) is 21.6. The molecule has 0 atom stereocenters. The molecule has 3 rings (SSSR count). The van der Waals surface area contributed by atoms with Crippen molar-refractivity contribution in [2.75, 3.05) is 6.54 Å². The standard InChI is InChI=1S/C25H33F3N4O4/c1-14-8-16(26)11-29-19(14)18-13-32(30-20(18)21(27)28)17-9-15(10-17)12-31(22(33)35-24(2,3)4)23(34)36-25(5,6)7/h8,11,13,15,17,21H,9-10,12H2,1-7H3. The van der Waals surface area contributed by atoms with Gasteiger partial charge in [-0.2, -0.15) is 5.10 Å². The van der Waals surface area contributed by atoms with Crippen LogP contribution in [0.2, 0.25) is 0 Å². The summed E-state index contributed by atoms with van der Waals surface area (Å²) in [4.78, 5) is 30.4. The van der Waals surface area contributed by atoms with Gasteiger partial charge in [-0.1, -0.05) is 0 Å². The quantitative estimate of drug-likeness (QED) is 0.459. The van der Waals surface area contributed by atoms with E-state index in [1.807, 2.05) is 0 Å². The molecule has 0 aliphatic heterocycles. The molecular weight excluding hydrogens is 477 g/mol. The summed E-state index contributed by atoms with van der Waals surface area (Å²) in [5.41, 5.74) is -1.21. The number of carbonyl (C=O) groups excluding carboxylic acids is 2. The summed E-state index contributed by atoms with van der Waals surface area (Å²) in [6, 6.07) is 1.03. The van der Waals surface area contributed by atoms with Crippen LogP contribution in [0.5, 0.6) is 0 Å². The molecule has 1 saturated carbocycles. The predicted octanol–water partition coefficient (Wildman–Crippen LogP) is 6.45. The highest BCUT2D eigenvalue weighted by Crippen LogP contribution is 2.41. The highest BCUT2D eigenvalue weighted by Gasteiger charge is 2.39. The summed E-state index contributed by atoms with van der Waals surface area (Å²) in [5.74, 6) is -0.646. The molecule has 0 spiro atoms. The summed E-state index contributed by atoms with van der Waals surface area (Å²) in [6.45, 7) is 11.9. The van der Waals surface area contributed by atoms with Gasteiger partial charge in [-0.05, 0) is 78.9 Å². The Morgan fingerprint density at radius 2 is 1.67 bits per heavy atom. The minimum absolute atomic E-state index is 0.0643. The molecule has 0 aromatic carbocycles. The van der Waals surface area contributed by atoms with E-state index < -0.39 is 41.3 Å². The molecule has 0 radical (unpaired) electrons. The van der Waals surface area contributed by atoms with Crippen molar-refractivity contribution < 1.29 is 32.2 Å². The molecule has 0 N–H and O–H groups in total. The fourth-order valence-corrected chi connectivity index (χ4v) is 3.94. The van der Waals surface area contributed by atoms with Crippen LogP contribution in [0, 0.1) is 18.7 Å². The number of halogens is 3. The molecule has 2 aromatic heterocycles. The fourth-order valence-electron chi connectivity index (χ4n) is 3.94. The molecule has 2 heterocycles. The van der Waals surface area contributed by atoms with Crippen molar-refractivity contribution in [3.63, 3.8) is 0 Å². The van der Waals surface area contributed by atoms with Gasteiger partial charge in [0.1, 0.15) is 22.7 Å². The minimum Gasteiger partial charge on any atom is -0.443 e. The van der Waals surface area contributed by atoms with Gasteiger partial charge in [-0.15, -0.1) is 0 Å². The Balaban J connectivity index is 1.75. The van der Waals surface area contributed by atoms with E-state index in [1.165, 1.54) is 16.9 Å². The second kappa shape index (κ2) is 10.1. The molecule has 0 saturated heterocycles. The van der Waals surface area contributed by atoms with Crippen molar-refractivity contribution in [1.29, 1.82) is 0 Å². The first-order valence-electron chi connectivity index (χ1n) is 11.8. The van der Waals surface area contributed by atoms with E-state index in [2.05, 4.69) is 10.1 Å². The first-order chi connectivity index (χ1) is 16.5. The average molecular weight is 511 g/mol. The second-order valence-corrected chi connectivity index (χ2v) is 11.1. The topological polar surface area (TPSA) is 86.6 Å². The smallest absolute Gasteiger partial charge is 0.419 e. The molecule has 1 aliphatic carbocycles. The molecule has 0 unspecified atom stereocenters. The number of imide groups is 1. The highest BCUT2D eigenvalue weighted by atomic mass is 19.3. The van der Waals surface area contributed by atoms with Crippen molar-refractivity contribution in [3.05, 3.63) is 35.5 Å². The Morgan fingerprint density at radius 3 is 2.14 bits per heavy atom. The lowest BCUT2D eigenvalue weighted by Gasteiger charge is -2.38. The lowest BCUT2D eigenvalue weighted by Crippen LogP contribution is -2.47. The molecule has 1 aliphatic rings. The maximum atomic E-state index is 13.7. The van der Waals surface area contributed by atoms with E-state index in [9.17, 15) is 22.8 Å². The Morgan fingerprint density at radius 1 is 1.11 bits per heavy atom. The number of amides is 2. The third kappa shape index (κ3) is 6.76. The molecule has 198 valence electrons. The van der Waals surface area contributed by atoms with Crippen LogP contribution in [0.4, 0.5) is 22.8 Å². The summed E-state index contributed by atoms with van der Waals surface area (Å²) in [7, 11) is 0. The summed E-state index contributed by atoms with van der Waals surface area (Å²) in [5, 5.41) is 4.09. The van der Waals surface area contributed by atoms with Crippen molar-refractivity contribution in [1.82, 2.24) is 19.7 Å². The van der Waals surface area contributed by atoms with Gasteiger partial charge in [0.05, 0.1) is 17.9 Å². The van der Waals surface area contributed by atoms with E-state index in [1.54, 1.807) is 48.5 Å². The Hall–Kier alpha value is -3.11. The third-order valence-corrected chi connectivity index (χ3v) is 5.52. The van der Waals surface area contributed by atoms with Gasteiger partial charge in [0, 0.05) is 18.3 Å². The van der Waals surface area contributed by atoms with Crippen LogP contribution < -0.4 is 0 Å². The van der Waals surface area contributed by atoms with E-state index in [0.717, 1.165) is 11.1 Å². The highest BCUT2D eigenvalue weighted by molar-refractivity contribution is 5.88. The van der Waals surface area contributed by atoms with Gasteiger partial charge >= 0.3 is 12.2 Å². The molecule has 2 amide bonds. The summed E-state index contributed by atoms with van der Waals surface area (Å²) >= 11 is 0. The number of rotatable bonds is 5. The molecule has 1 fully saturated rings. The lowest BCUT2D eigenvalue weighted by molar-refractivity contribution is -0.00648. The summed E-state index contributed by atoms with van der Waals surface area (Å²) in [6.07, 6.45) is -0.966. The number of alkyl halides is 2. The van der Waals surface area contributed by atoms with Gasteiger partial charge in [-0.25, -0.2) is 27.7 Å². The molecule has 8 nitrogen and oxygen atoms in total. The number of carbonyl (C=O) groups is 2. The number of hydrogen-bond donors (Lipinski definition) is 0. The van der Waals surface area contributed by atoms with Crippen LogP contribution in [0.25, 0.3) is 11.3 Å². The number of aryl methyl sites for hydroxylation is 1. The van der Waals surface area contributed by atoms with Crippen LogP contribution >= 0.6 is 0 Å². The second-order valence-electron chi connectivity index (χ2n) is 11.1. The zero-order chi connectivity index (χ0) is 27.0. The SMILES string of the molecule is Cc1cc(F)cnc1-c1cn(C2CC(CN(C(=O)OC(C)(C)C)C(=O)OC(C)(C)C)C2)nc1C(F)F. The van der Waals surface area contributed by atoms with Crippen molar-refractivity contribution in [3.8, 4) is 11.3 Å². The first-order valence-corrected chi connectivity index (χ1v) is 11.8. The third-order valence-electron chi connectivity index (χ3n) is 5.52. The Labute approximate surface area is 208 Å². The van der Waals surface area contributed by atoms with Crippen LogP contribution in [0.3, 0.4) is 0 Å². The Kier molecular flexibility index (Phi) is 7.71. The van der Waals surface area contributed by atoms with Crippen LogP contribution in [0.1, 0.15) is 78.1 Å². The maximum Gasteiger partial charge on any atom is 0.419 e. The molecule has 2 aromatic rings. The zero-order valence-corrected chi connectivity index (χ0v) is 21.6. The number of aromatic nitrogens is 3. The monoisotopic (exact) mass is 510 g/mol. The number of hydrogen-bond acceptors (Lipinski definition) is 6. The number of ether oxygens (including phenoxy) is 2. The van der Waals surface area contributed by atoms with E-state index in [4.69, 9.17) is 9.47 Å². The fraction of sp³-hybridized carbons (Fsp3) is 0.600. The van der Waals surface area contributed by atoms with Crippen LogP contribution in [0.15, 0.2) is 18.5 Å². The van der Waals surface area contributed by atoms with Gasteiger partial charge in [0.25, 0.3) is 6.43 Å². The molecule has 36 heavy (non-hydrogen) atoms. The summed E-state index contributed by atoms with van der Waals surface area (Å²) < 4.78 is 53.2. The van der Waals surface area contributed by atoms with Gasteiger partial charge in [-0.3, -0.25) is 9.67 Å². The van der Waals surface area contributed by atoms with Crippen molar-refractivity contribution in [2.24, 2.45) is 5.92 Å². The molecule has 11 heteroatoms. The van der Waals surface area contributed by atoms with E-state index >= 15 is 0 Å². The van der Waals surface area contributed by atoms with Gasteiger partial charge in [0.15, 0.2) is 0 Å². The molecular formula is C25H33F3N4O4. The minimum atomic E-state index is -2.83. The number of nitrogens with zero attached hydrogens (tertiary/aromatic N) is 4. The van der Waals surface area contributed by atoms with Crippen molar-refractivity contribution >= 4 is 12.2 Å². The predicted molar refractivity (Wildman–Crippen MR) is 126 cm³/mol. The molecule has 0 bridgehead atoms. The average Bonchev–Trinajstić information content (AvgIpc) is 3.08. The van der Waals surface area contributed by atoms with E-state index in [0.29, 0.717) is 18.4 Å². The maximum absolute atomic E-state index is 13.7. The first kappa shape index (κ1) is 27.5. The van der Waals surface area contributed by atoms with Crippen LogP contribution in [-0.2, 0) is 9.47 Å². The normalized spacial score (nSPS) is 18.1. The van der Waals surface area contributed by atoms with Crippen molar-refractivity contribution in [2.45, 2.75) is 85.0 Å². The largest absolute Gasteiger partial charge is 0.443 e. The van der Waals surface area contributed by atoms with E-state index in [-0.39, 0.29) is 29.8 Å². The lowest BCUT2D eigenvalue weighted by atomic mass is 9.80. The van der Waals surface area contributed by atoms with Crippen LogP contribution in [-0.4, -0.2) is 49.6 Å². The van der Waals surface area contributed by atoms with Gasteiger partial charge in [0.2, 0.25) is 0 Å². The Bertz CT molecular complexity index is 1090. The van der Waals surface area contributed by atoms with Gasteiger partial charge < -0.3 is 9.47 Å².